The van der Waals surface area contributed by atoms with Gasteiger partial charge >= 0.3 is 0 Å². The number of hydrogen-bond donors (Lipinski definition) is 1. The van der Waals surface area contributed by atoms with Gasteiger partial charge in [-0.15, -0.1) is 0 Å². The molecule has 25 heavy (non-hydrogen) atoms. The summed E-state index contributed by atoms with van der Waals surface area (Å²) in [7, 11) is -3.81. The minimum Gasteiger partial charge on any atom is -0.263 e. The van der Waals surface area contributed by atoms with Crippen molar-refractivity contribution in [3.63, 3.8) is 0 Å². The van der Waals surface area contributed by atoms with Crippen molar-refractivity contribution in [3.05, 3.63) is 77.2 Å². The molecule has 128 valence electrons. The quantitative estimate of drug-likeness (QED) is 0.721. The lowest BCUT2D eigenvalue weighted by molar-refractivity contribution is 0.601. The molecule has 1 aromatic heterocycles. The Morgan fingerprint density at radius 3 is 2.44 bits per heavy atom. The number of halogens is 2. The predicted molar refractivity (Wildman–Crippen MR) is 96.6 cm³/mol. The minimum atomic E-state index is -3.81. The van der Waals surface area contributed by atoms with E-state index < -0.39 is 10.0 Å². The lowest BCUT2D eigenvalue weighted by atomic mass is 10.0. The van der Waals surface area contributed by atoms with E-state index in [1.54, 1.807) is 43.3 Å². The first-order valence-corrected chi connectivity index (χ1v) is 9.24. The Morgan fingerprint density at radius 1 is 1.00 bits per heavy atom. The van der Waals surface area contributed by atoms with Crippen LogP contribution in [0.25, 0.3) is 11.1 Å². The van der Waals surface area contributed by atoms with Crippen molar-refractivity contribution >= 4 is 27.4 Å². The van der Waals surface area contributed by atoms with Crippen LogP contribution in [0.4, 0.5) is 10.2 Å². The molecule has 1 N–H and O–H groups in total. The van der Waals surface area contributed by atoms with Gasteiger partial charge in [0.1, 0.15) is 11.6 Å². The van der Waals surface area contributed by atoms with Gasteiger partial charge in [-0.25, -0.2) is 17.8 Å². The van der Waals surface area contributed by atoms with E-state index >= 15 is 0 Å². The number of hydrogen-bond acceptors (Lipinski definition) is 3. The smallest absolute Gasteiger partial charge is 0.263 e. The molecular weight excluding hydrogens is 363 g/mol. The lowest BCUT2D eigenvalue weighted by Gasteiger charge is -2.11. The standard InChI is InChI=1S/C18H14ClFN2O2S/c1-12-15(16-7-2-3-8-17(16)20)9-10-18(21-12)22-25(23,24)14-6-4-5-13(19)11-14/h2-11H,1H3,(H,21,22). The molecule has 0 aliphatic carbocycles. The average molecular weight is 377 g/mol. The van der Waals surface area contributed by atoms with Gasteiger partial charge in [0.2, 0.25) is 0 Å². The summed E-state index contributed by atoms with van der Waals surface area (Å²) in [6.45, 7) is 1.69. The van der Waals surface area contributed by atoms with Crippen molar-refractivity contribution in [2.75, 3.05) is 4.72 Å². The van der Waals surface area contributed by atoms with Gasteiger partial charge in [-0.2, -0.15) is 0 Å². The fraction of sp³-hybridized carbons (Fsp3) is 0.0556. The highest BCUT2D eigenvalue weighted by Gasteiger charge is 2.16. The fourth-order valence-corrected chi connectivity index (χ4v) is 3.71. The van der Waals surface area contributed by atoms with Crippen LogP contribution in [0.15, 0.2) is 65.6 Å². The van der Waals surface area contributed by atoms with E-state index in [0.717, 1.165) is 0 Å². The summed E-state index contributed by atoms with van der Waals surface area (Å²) in [6.07, 6.45) is 0. The van der Waals surface area contributed by atoms with Gasteiger partial charge in [0.05, 0.1) is 4.90 Å². The van der Waals surface area contributed by atoms with Gasteiger partial charge in [0.15, 0.2) is 0 Å². The zero-order valence-electron chi connectivity index (χ0n) is 13.2. The molecule has 2 aromatic carbocycles. The van der Waals surface area contributed by atoms with Crippen LogP contribution in [-0.4, -0.2) is 13.4 Å². The van der Waals surface area contributed by atoms with E-state index in [2.05, 4.69) is 9.71 Å². The molecule has 0 spiro atoms. The second-order valence-corrected chi connectivity index (χ2v) is 7.49. The summed E-state index contributed by atoms with van der Waals surface area (Å²) < 4.78 is 41.1. The number of nitrogens with zero attached hydrogens (tertiary/aromatic N) is 1. The molecule has 1 heterocycles. The monoisotopic (exact) mass is 376 g/mol. The maximum atomic E-state index is 13.9. The van der Waals surface area contributed by atoms with Gasteiger partial charge in [0, 0.05) is 21.8 Å². The van der Waals surface area contributed by atoms with Crippen LogP contribution in [0.2, 0.25) is 5.02 Å². The first-order valence-electron chi connectivity index (χ1n) is 7.38. The number of pyridine rings is 1. The third-order valence-corrected chi connectivity index (χ3v) is 5.18. The Labute approximate surface area is 150 Å². The summed E-state index contributed by atoms with van der Waals surface area (Å²) in [6, 6.07) is 15.4. The normalized spacial score (nSPS) is 11.3. The Morgan fingerprint density at radius 2 is 1.76 bits per heavy atom. The van der Waals surface area contributed by atoms with Crippen LogP contribution >= 0.6 is 11.6 Å². The maximum absolute atomic E-state index is 13.9. The second kappa shape index (κ2) is 6.82. The SMILES string of the molecule is Cc1nc(NS(=O)(=O)c2cccc(Cl)c2)ccc1-c1ccccc1F. The molecule has 0 saturated carbocycles. The van der Waals surface area contributed by atoms with E-state index in [1.807, 2.05) is 0 Å². The van der Waals surface area contributed by atoms with Gasteiger partial charge in [-0.3, -0.25) is 4.72 Å². The lowest BCUT2D eigenvalue weighted by Crippen LogP contribution is -2.14. The Hall–Kier alpha value is -2.44. The van der Waals surface area contributed by atoms with E-state index in [0.29, 0.717) is 21.8 Å². The first-order chi connectivity index (χ1) is 11.9. The van der Waals surface area contributed by atoms with Gasteiger partial charge < -0.3 is 0 Å². The number of benzene rings is 2. The van der Waals surface area contributed by atoms with Crippen molar-refractivity contribution in [3.8, 4) is 11.1 Å². The van der Waals surface area contributed by atoms with E-state index in [4.69, 9.17) is 11.6 Å². The van der Waals surface area contributed by atoms with E-state index in [-0.39, 0.29) is 16.5 Å². The Kier molecular flexibility index (Phi) is 4.74. The van der Waals surface area contributed by atoms with Crippen LogP contribution in [0.3, 0.4) is 0 Å². The van der Waals surface area contributed by atoms with Crippen molar-refractivity contribution in [2.24, 2.45) is 0 Å². The number of nitrogens with one attached hydrogen (secondary N) is 1. The minimum absolute atomic E-state index is 0.0395. The summed E-state index contributed by atoms with van der Waals surface area (Å²) in [5.74, 6) is -0.211. The number of sulfonamides is 1. The third-order valence-electron chi connectivity index (χ3n) is 3.60. The summed E-state index contributed by atoms with van der Waals surface area (Å²) in [5, 5.41) is 0.321. The van der Waals surface area contributed by atoms with Crippen LogP contribution in [0.1, 0.15) is 5.69 Å². The molecule has 0 aliphatic heterocycles. The van der Waals surface area contributed by atoms with Gasteiger partial charge in [0.25, 0.3) is 10.0 Å². The first kappa shape index (κ1) is 17.4. The molecule has 0 aliphatic rings. The van der Waals surface area contributed by atoms with Crippen LogP contribution in [0, 0.1) is 12.7 Å². The Bertz CT molecular complexity index is 1040. The molecule has 0 unspecified atom stereocenters. The molecule has 3 rings (SSSR count). The Balaban J connectivity index is 1.93. The summed E-state index contributed by atoms with van der Waals surface area (Å²) in [5.41, 5.74) is 1.52. The highest BCUT2D eigenvalue weighted by molar-refractivity contribution is 7.92. The summed E-state index contributed by atoms with van der Waals surface area (Å²) in [4.78, 5) is 4.27. The predicted octanol–water partition coefficient (Wildman–Crippen LogP) is 4.65. The molecule has 3 aromatic rings. The number of aromatic nitrogens is 1. The average Bonchev–Trinajstić information content (AvgIpc) is 2.56. The molecule has 0 radical (unpaired) electrons. The molecule has 0 atom stereocenters. The van der Waals surface area contributed by atoms with E-state index in [1.165, 1.54) is 24.3 Å². The maximum Gasteiger partial charge on any atom is 0.263 e. The third kappa shape index (κ3) is 3.81. The molecule has 4 nitrogen and oxygen atoms in total. The van der Waals surface area contributed by atoms with Crippen LogP contribution in [-0.2, 0) is 10.0 Å². The summed E-state index contributed by atoms with van der Waals surface area (Å²) >= 11 is 5.84. The number of aryl methyl sites for hydroxylation is 1. The van der Waals surface area contributed by atoms with Crippen molar-refractivity contribution in [1.82, 2.24) is 4.98 Å². The largest absolute Gasteiger partial charge is 0.263 e. The molecule has 0 fully saturated rings. The number of rotatable bonds is 4. The number of anilines is 1. The zero-order chi connectivity index (χ0) is 18.0. The fourth-order valence-electron chi connectivity index (χ4n) is 2.41. The van der Waals surface area contributed by atoms with Crippen molar-refractivity contribution in [1.29, 1.82) is 0 Å². The highest BCUT2D eigenvalue weighted by atomic mass is 35.5. The molecule has 0 bridgehead atoms. The topological polar surface area (TPSA) is 59.1 Å². The molecule has 7 heteroatoms. The van der Waals surface area contributed by atoms with Crippen LogP contribution < -0.4 is 4.72 Å². The van der Waals surface area contributed by atoms with Gasteiger partial charge in [-0.1, -0.05) is 35.9 Å². The van der Waals surface area contributed by atoms with Crippen molar-refractivity contribution < 1.29 is 12.8 Å². The molecule has 0 saturated heterocycles. The highest BCUT2D eigenvalue weighted by Crippen LogP contribution is 2.27. The molecular formula is C18H14ClFN2O2S. The van der Waals surface area contributed by atoms with E-state index in [9.17, 15) is 12.8 Å². The second-order valence-electron chi connectivity index (χ2n) is 5.37. The molecule has 0 amide bonds. The zero-order valence-corrected chi connectivity index (χ0v) is 14.8. The van der Waals surface area contributed by atoms with Crippen LogP contribution in [0.5, 0.6) is 0 Å². The van der Waals surface area contributed by atoms with Gasteiger partial charge in [-0.05, 0) is 43.3 Å². The van der Waals surface area contributed by atoms with Crippen molar-refractivity contribution in [2.45, 2.75) is 11.8 Å².